The Morgan fingerprint density at radius 1 is 1.50 bits per heavy atom. The summed E-state index contributed by atoms with van der Waals surface area (Å²) in [6.07, 6.45) is 5.44. The van der Waals surface area contributed by atoms with E-state index in [1.807, 2.05) is 7.05 Å². The molecule has 1 fully saturated rings. The molecule has 0 radical (unpaired) electrons. The van der Waals surface area contributed by atoms with Crippen molar-refractivity contribution in [1.29, 1.82) is 0 Å². The van der Waals surface area contributed by atoms with Gasteiger partial charge < -0.3 is 14.8 Å². The van der Waals surface area contributed by atoms with Crippen molar-refractivity contribution >= 4 is 17.7 Å². The van der Waals surface area contributed by atoms with Crippen LogP contribution in [0.4, 0.5) is 0 Å². The van der Waals surface area contributed by atoms with Gasteiger partial charge in [0.1, 0.15) is 0 Å². The second-order valence-electron chi connectivity index (χ2n) is 5.20. The molecule has 1 unspecified atom stereocenters. The molecule has 1 aromatic rings. The van der Waals surface area contributed by atoms with E-state index in [-0.39, 0.29) is 0 Å². The normalized spacial score (nSPS) is 20.2. The fourth-order valence-electron chi connectivity index (χ4n) is 2.41. The highest BCUT2D eigenvalue weighted by atomic mass is 32.2. The van der Waals surface area contributed by atoms with Crippen molar-refractivity contribution in [3.63, 3.8) is 0 Å². The first kappa shape index (κ1) is 15.3. The molecule has 1 aliphatic heterocycles. The molecule has 0 aromatic carbocycles. The lowest BCUT2D eigenvalue weighted by atomic mass is 10.3. The second-order valence-corrected chi connectivity index (χ2v) is 6.61. The maximum absolute atomic E-state index is 4.80. The second kappa shape index (κ2) is 7.62. The van der Waals surface area contributed by atoms with Crippen LogP contribution in [0.15, 0.2) is 23.5 Å². The van der Waals surface area contributed by atoms with Crippen LogP contribution in [0.5, 0.6) is 0 Å². The van der Waals surface area contributed by atoms with Crippen LogP contribution in [0.3, 0.4) is 0 Å². The Morgan fingerprint density at radius 3 is 3.00 bits per heavy atom. The number of aryl methyl sites for hydroxylation is 1. The van der Waals surface area contributed by atoms with Gasteiger partial charge in [0, 0.05) is 50.1 Å². The molecule has 1 atom stereocenters. The minimum atomic E-state index is 0.740. The molecule has 20 heavy (non-hydrogen) atoms. The summed E-state index contributed by atoms with van der Waals surface area (Å²) in [6, 6.07) is 2.13. The van der Waals surface area contributed by atoms with E-state index in [1.165, 1.54) is 17.7 Å². The number of aliphatic imine (C=N–C) groups is 1. The fraction of sp³-hybridized carbons (Fsp3) is 0.667. The van der Waals surface area contributed by atoms with Crippen molar-refractivity contribution in [3.8, 4) is 0 Å². The largest absolute Gasteiger partial charge is 0.357 e. The molecule has 112 valence electrons. The van der Waals surface area contributed by atoms with Gasteiger partial charge in [-0.2, -0.15) is 11.8 Å². The summed E-state index contributed by atoms with van der Waals surface area (Å²) in [5.74, 6) is 2.27. The highest BCUT2D eigenvalue weighted by molar-refractivity contribution is 8.00. The summed E-state index contributed by atoms with van der Waals surface area (Å²) in [5, 5.41) is 4.17. The van der Waals surface area contributed by atoms with E-state index in [2.05, 4.69) is 58.9 Å². The van der Waals surface area contributed by atoms with Gasteiger partial charge in [0.15, 0.2) is 5.96 Å². The van der Waals surface area contributed by atoms with Crippen molar-refractivity contribution in [3.05, 3.63) is 24.0 Å². The molecule has 0 aliphatic carbocycles. The van der Waals surface area contributed by atoms with Crippen molar-refractivity contribution in [1.82, 2.24) is 14.8 Å². The molecule has 2 rings (SSSR count). The van der Waals surface area contributed by atoms with E-state index in [4.69, 9.17) is 4.99 Å². The molecule has 1 saturated heterocycles. The predicted molar refractivity (Wildman–Crippen MR) is 88.3 cm³/mol. The number of hydrogen-bond acceptors (Lipinski definition) is 2. The molecular weight excluding hydrogens is 268 g/mol. The maximum atomic E-state index is 4.80. The number of thioether (sulfide) groups is 1. The standard InChI is InChI=1S/C15H26N4S/c1-4-14-12-19(8-9-20-14)15(16-5-2)17-10-13-6-7-18(3)11-13/h6-7,11,14H,4-5,8-10,12H2,1-3H3,(H,16,17). The molecule has 1 aliphatic rings. The summed E-state index contributed by atoms with van der Waals surface area (Å²) >= 11 is 2.09. The summed E-state index contributed by atoms with van der Waals surface area (Å²) in [4.78, 5) is 7.21. The minimum Gasteiger partial charge on any atom is -0.357 e. The molecule has 0 bridgehead atoms. The van der Waals surface area contributed by atoms with Gasteiger partial charge in [0.25, 0.3) is 0 Å². The van der Waals surface area contributed by atoms with Crippen molar-refractivity contribution < 1.29 is 0 Å². The van der Waals surface area contributed by atoms with Gasteiger partial charge in [0.05, 0.1) is 6.54 Å². The van der Waals surface area contributed by atoms with Crippen molar-refractivity contribution in [2.24, 2.45) is 12.0 Å². The zero-order chi connectivity index (χ0) is 14.4. The van der Waals surface area contributed by atoms with Crippen molar-refractivity contribution in [2.75, 3.05) is 25.4 Å². The molecule has 5 heteroatoms. The smallest absolute Gasteiger partial charge is 0.194 e. The molecule has 0 amide bonds. The van der Waals surface area contributed by atoms with E-state index in [1.54, 1.807) is 0 Å². The average Bonchev–Trinajstić information content (AvgIpc) is 2.89. The number of nitrogens with one attached hydrogen (secondary N) is 1. The van der Waals surface area contributed by atoms with Gasteiger partial charge in [0.2, 0.25) is 0 Å². The molecular formula is C15H26N4S. The van der Waals surface area contributed by atoms with E-state index < -0.39 is 0 Å². The van der Waals surface area contributed by atoms with E-state index >= 15 is 0 Å². The topological polar surface area (TPSA) is 32.6 Å². The van der Waals surface area contributed by atoms with Gasteiger partial charge in [-0.15, -0.1) is 0 Å². The molecule has 0 saturated carbocycles. The number of hydrogen-bond donors (Lipinski definition) is 1. The van der Waals surface area contributed by atoms with Crippen LogP contribution in [0.25, 0.3) is 0 Å². The molecule has 1 aromatic heterocycles. The first-order valence-corrected chi connectivity index (χ1v) is 8.53. The predicted octanol–water partition coefficient (Wildman–Crippen LogP) is 2.32. The third-order valence-electron chi connectivity index (χ3n) is 3.53. The van der Waals surface area contributed by atoms with Gasteiger partial charge in [-0.1, -0.05) is 6.92 Å². The summed E-state index contributed by atoms with van der Waals surface area (Å²) < 4.78 is 2.07. The van der Waals surface area contributed by atoms with Crippen LogP contribution in [0.2, 0.25) is 0 Å². The van der Waals surface area contributed by atoms with Crippen LogP contribution in [-0.4, -0.2) is 46.1 Å². The monoisotopic (exact) mass is 294 g/mol. The van der Waals surface area contributed by atoms with Gasteiger partial charge >= 0.3 is 0 Å². The Morgan fingerprint density at radius 2 is 2.35 bits per heavy atom. The molecule has 0 spiro atoms. The summed E-state index contributed by atoms with van der Waals surface area (Å²) in [7, 11) is 2.05. The van der Waals surface area contributed by atoms with E-state index in [0.29, 0.717) is 0 Å². The Kier molecular flexibility index (Phi) is 5.83. The lowest BCUT2D eigenvalue weighted by Gasteiger charge is -2.34. The number of nitrogens with zero attached hydrogens (tertiary/aromatic N) is 3. The van der Waals surface area contributed by atoms with Crippen LogP contribution in [-0.2, 0) is 13.6 Å². The SMILES string of the molecule is CCNC(=NCc1ccn(C)c1)N1CCSC(CC)C1. The van der Waals surface area contributed by atoms with Crippen LogP contribution >= 0.6 is 11.8 Å². The first-order valence-electron chi connectivity index (χ1n) is 7.48. The third-order valence-corrected chi connectivity index (χ3v) is 4.91. The highest BCUT2D eigenvalue weighted by Crippen LogP contribution is 2.21. The minimum absolute atomic E-state index is 0.740. The quantitative estimate of drug-likeness (QED) is 0.683. The lowest BCUT2D eigenvalue weighted by molar-refractivity contribution is 0.408. The Hall–Kier alpha value is -1.10. The number of guanidine groups is 1. The molecule has 4 nitrogen and oxygen atoms in total. The fourth-order valence-corrected chi connectivity index (χ4v) is 3.59. The van der Waals surface area contributed by atoms with Gasteiger partial charge in [-0.25, -0.2) is 4.99 Å². The van der Waals surface area contributed by atoms with Gasteiger partial charge in [-0.3, -0.25) is 0 Å². The van der Waals surface area contributed by atoms with Crippen LogP contribution < -0.4 is 5.32 Å². The molecule has 1 N–H and O–H groups in total. The third kappa shape index (κ3) is 4.20. The average molecular weight is 294 g/mol. The first-order chi connectivity index (χ1) is 9.72. The number of aromatic nitrogens is 1. The van der Waals surface area contributed by atoms with Crippen LogP contribution in [0, 0.1) is 0 Å². The Bertz CT molecular complexity index is 441. The van der Waals surface area contributed by atoms with E-state index in [0.717, 1.165) is 37.4 Å². The van der Waals surface area contributed by atoms with Gasteiger partial charge in [-0.05, 0) is 25.0 Å². The maximum Gasteiger partial charge on any atom is 0.194 e. The molecule has 2 heterocycles. The Balaban J connectivity index is 2.01. The highest BCUT2D eigenvalue weighted by Gasteiger charge is 2.21. The zero-order valence-electron chi connectivity index (χ0n) is 12.8. The van der Waals surface area contributed by atoms with Crippen LogP contribution in [0.1, 0.15) is 25.8 Å². The zero-order valence-corrected chi connectivity index (χ0v) is 13.6. The lowest BCUT2D eigenvalue weighted by Crippen LogP contribution is -2.47. The van der Waals surface area contributed by atoms with Crippen molar-refractivity contribution in [2.45, 2.75) is 32.1 Å². The summed E-state index contributed by atoms with van der Waals surface area (Å²) in [6.45, 7) is 8.30. The number of rotatable bonds is 4. The summed E-state index contributed by atoms with van der Waals surface area (Å²) in [5.41, 5.74) is 1.27. The Labute approximate surface area is 126 Å². The van der Waals surface area contributed by atoms with E-state index in [9.17, 15) is 0 Å².